The first kappa shape index (κ1) is 19.3. The smallest absolute Gasteiger partial charge is 0.306 e. The Kier molecular flexibility index (Phi) is 5.97. The van der Waals surface area contributed by atoms with Gasteiger partial charge < -0.3 is 9.26 Å². The molecule has 0 atom stereocenters. The second-order valence-corrected chi connectivity index (χ2v) is 7.48. The van der Waals surface area contributed by atoms with E-state index >= 15 is 0 Å². The predicted octanol–water partition coefficient (Wildman–Crippen LogP) is 5.19. The maximum Gasteiger partial charge on any atom is 0.306 e. The molecule has 2 heterocycles. The van der Waals surface area contributed by atoms with Gasteiger partial charge in [-0.25, -0.2) is 4.98 Å². The van der Waals surface area contributed by atoms with Gasteiger partial charge in [-0.05, 0) is 12.1 Å². The maximum atomic E-state index is 12.0. The van der Waals surface area contributed by atoms with Gasteiger partial charge in [0.25, 0.3) is 0 Å². The zero-order valence-electron chi connectivity index (χ0n) is 15.2. The molecule has 0 amide bonds. The molecule has 0 N–H and O–H groups in total. The van der Waals surface area contributed by atoms with Crippen LogP contribution in [0.2, 0.25) is 5.02 Å². The summed E-state index contributed by atoms with van der Waals surface area (Å²) in [4.78, 5) is 20.8. The zero-order chi connectivity index (χ0) is 20.1. The number of aryl methyl sites for hydroxylation is 1. The normalized spacial score (nSPS) is 10.8. The lowest BCUT2D eigenvalue weighted by atomic mass is 10.2. The molecule has 0 fully saturated rings. The lowest BCUT2D eigenvalue weighted by Gasteiger charge is -2.01. The molecule has 0 spiro atoms. The number of halogens is 1. The van der Waals surface area contributed by atoms with E-state index in [4.69, 9.17) is 20.9 Å². The minimum atomic E-state index is -0.342. The van der Waals surface area contributed by atoms with Crippen LogP contribution in [0.1, 0.15) is 18.0 Å². The maximum absolute atomic E-state index is 12.0. The summed E-state index contributed by atoms with van der Waals surface area (Å²) < 4.78 is 10.5. The van der Waals surface area contributed by atoms with Crippen molar-refractivity contribution in [1.82, 2.24) is 15.1 Å². The monoisotopic (exact) mass is 425 g/mol. The third-order valence-corrected chi connectivity index (χ3v) is 5.26. The third kappa shape index (κ3) is 5.07. The van der Waals surface area contributed by atoms with E-state index in [1.54, 1.807) is 0 Å². The number of aromatic nitrogens is 3. The molecule has 8 heteroatoms. The highest BCUT2D eigenvalue weighted by atomic mass is 35.5. The average Bonchev–Trinajstić information content (AvgIpc) is 3.42. The van der Waals surface area contributed by atoms with Crippen molar-refractivity contribution in [2.45, 2.75) is 19.4 Å². The molecule has 2 aromatic heterocycles. The Labute approximate surface area is 176 Å². The van der Waals surface area contributed by atoms with Crippen molar-refractivity contribution in [3.05, 3.63) is 76.6 Å². The van der Waals surface area contributed by atoms with Crippen molar-refractivity contribution >= 4 is 28.9 Å². The first-order valence-electron chi connectivity index (χ1n) is 8.91. The van der Waals surface area contributed by atoms with Crippen molar-refractivity contribution in [3.8, 4) is 22.0 Å². The summed E-state index contributed by atoms with van der Waals surface area (Å²) in [6.07, 6.45) is 0.482. The molecular weight excluding hydrogens is 410 g/mol. The Hall–Kier alpha value is -3.03. The standard InChI is InChI=1S/C21H16ClN3O3S/c22-16-8-6-15(7-9-16)21-23-17(13-29-21)12-27-19(26)11-10-18-24-20(25-28-18)14-4-2-1-3-5-14/h1-9,13H,10-12H2. The quantitative estimate of drug-likeness (QED) is 0.379. The van der Waals surface area contributed by atoms with Crippen LogP contribution >= 0.6 is 22.9 Å². The SMILES string of the molecule is O=C(CCc1nc(-c2ccccc2)no1)OCc1csc(-c2ccc(Cl)cc2)n1. The van der Waals surface area contributed by atoms with Gasteiger partial charge in [0.1, 0.15) is 11.6 Å². The third-order valence-electron chi connectivity index (χ3n) is 4.07. The first-order valence-corrected chi connectivity index (χ1v) is 10.2. The van der Waals surface area contributed by atoms with E-state index in [2.05, 4.69) is 15.1 Å². The Bertz CT molecular complexity index is 1090. The van der Waals surface area contributed by atoms with Crippen LogP contribution in [-0.4, -0.2) is 21.1 Å². The topological polar surface area (TPSA) is 78.1 Å². The summed E-state index contributed by atoms with van der Waals surface area (Å²) in [6, 6.07) is 17.0. The van der Waals surface area contributed by atoms with Gasteiger partial charge in [0.05, 0.1) is 12.1 Å². The fourth-order valence-corrected chi connectivity index (χ4v) is 3.53. The van der Waals surface area contributed by atoms with Crippen LogP contribution in [0.15, 0.2) is 64.5 Å². The lowest BCUT2D eigenvalue weighted by Crippen LogP contribution is -2.06. The van der Waals surface area contributed by atoms with Gasteiger partial charge in [-0.1, -0.05) is 59.2 Å². The summed E-state index contributed by atoms with van der Waals surface area (Å²) in [6.45, 7) is 0.127. The van der Waals surface area contributed by atoms with Crippen molar-refractivity contribution in [3.63, 3.8) is 0 Å². The number of hydrogen-bond donors (Lipinski definition) is 0. The second-order valence-electron chi connectivity index (χ2n) is 6.19. The van der Waals surface area contributed by atoms with Crippen LogP contribution in [-0.2, 0) is 22.6 Å². The summed E-state index contributed by atoms with van der Waals surface area (Å²) in [5.74, 6) is 0.566. The van der Waals surface area contributed by atoms with Crippen LogP contribution in [0, 0.1) is 0 Å². The molecule has 0 aliphatic rings. The van der Waals surface area contributed by atoms with Gasteiger partial charge in [-0.15, -0.1) is 11.3 Å². The number of thiazole rings is 1. The number of esters is 1. The van der Waals surface area contributed by atoms with Crippen LogP contribution in [0.5, 0.6) is 0 Å². The number of carbonyl (C=O) groups excluding carboxylic acids is 1. The molecule has 4 rings (SSSR count). The molecule has 0 saturated carbocycles. The van der Waals surface area contributed by atoms with Crippen LogP contribution in [0.3, 0.4) is 0 Å². The highest BCUT2D eigenvalue weighted by Crippen LogP contribution is 2.25. The number of hydrogen-bond acceptors (Lipinski definition) is 7. The molecule has 0 saturated heterocycles. The van der Waals surface area contributed by atoms with E-state index in [0.29, 0.717) is 28.9 Å². The lowest BCUT2D eigenvalue weighted by molar-refractivity contribution is -0.145. The molecule has 29 heavy (non-hydrogen) atoms. The largest absolute Gasteiger partial charge is 0.459 e. The molecule has 0 aliphatic heterocycles. The van der Waals surface area contributed by atoms with Gasteiger partial charge >= 0.3 is 5.97 Å². The first-order chi connectivity index (χ1) is 14.2. The van der Waals surface area contributed by atoms with Crippen molar-refractivity contribution in [1.29, 1.82) is 0 Å². The molecule has 0 bridgehead atoms. The summed E-state index contributed by atoms with van der Waals surface area (Å²) >= 11 is 7.40. The van der Waals surface area contributed by atoms with E-state index in [-0.39, 0.29) is 19.0 Å². The molecular formula is C21H16ClN3O3S. The molecule has 2 aromatic carbocycles. The van der Waals surface area contributed by atoms with Gasteiger partial charge in [0.15, 0.2) is 0 Å². The summed E-state index contributed by atoms with van der Waals surface area (Å²) in [7, 11) is 0. The molecule has 4 aromatic rings. The van der Waals surface area contributed by atoms with E-state index in [1.165, 1.54) is 11.3 Å². The number of benzene rings is 2. The molecule has 0 radical (unpaired) electrons. The zero-order valence-corrected chi connectivity index (χ0v) is 16.8. The van der Waals surface area contributed by atoms with E-state index < -0.39 is 0 Å². The molecule has 6 nitrogen and oxygen atoms in total. The van der Waals surface area contributed by atoms with E-state index in [0.717, 1.165) is 16.1 Å². The highest BCUT2D eigenvalue weighted by molar-refractivity contribution is 7.13. The Morgan fingerprint density at radius 3 is 2.62 bits per heavy atom. The van der Waals surface area contributed by atoms with Crippen LogP contribution in [0.4, 0.5) is 0 Å². The van der Waals surface area contributed by atoms with E-state index in [1.807, 2.05) is 60.0 Å². The Morgan fingerprint density at radius 1 is 1.03 bits per heavy atom. The molecule has 0 aliphatic carbocycles. The predicted molar refractivity (Wildman–Crippen MR) is 110 cm³/mol. The highest BCUT2D eigenvalue weighted by Gasteiger charge is 2.12. The molecule has 146 valence electrons. The molecule has 0 unspecified atom stereocenters. The fourth-order valence-electron chi connectivity index (χ4n) is 2.59. The van der Waals surface area contributed by atoms with Crippen molar-refractivity contribution < 1.29 is 14.1 Å². The van der Waals surface area contributed by atoms with Gasteiger partial charge in [0.2, 0.25) is 11.7 Å². The van der Waals surface area contributed by atoms with Gasteiger partial charge in [-0.3, -0.25) is 4.79 Å². The Morgan fingerprint density at radius 2 is 1.83 bits per heavy atom. The average molecular weight is 426 g/mol. The van der Waals surface area contributed by atoms with Crippen molar-refractivity contribution in [2.24, 2.45) is 0 Å². The summed E-state index contributed by atoms with van der Waals surface area (Å²) in [5.41, 5.74) is 2.55. The minimum absolute atomic E-state index is 0.127. The number of rotatable bonds is 7. The second kappa shape index (κ2) is 8.98. The number of nitrogens with zero attached hydrogens (tertiary/aromatic N) is 3. The number of carbonyl (C=O) groups is 1. The fraction of sp³-hybridized carbons (Fsp3) is 0.143. The van der Waals surface area contributed by atoms with Gasteiger partial charge in [0, 0.05) is 28.0 Å². The van der Waals surface area contributed by atoms with Crippen LogP contribution < -0.4 is 0 Å². The summed E-state index contributed by atoms with van der Waals surface area (Å²) in [5, 5.41) is 7.35. The number of ether oxygens (including phenoxy) is 1. The van der Waals surface area contributed by atoms with E-state index in [9.17, 15) is 4.79 Å². The van der Waals surface area contributed by atoms with Crippen LogP contribution in [0.25, 0.3) is 22.0 Å². The van der Waals surface area contributed by atoms with Crippen molar-refractivity contribution in [2.75, 3.05) is 0 Å². The van der Waals surface area contributed by atoms with Gasteiger partial charge in [-0.2, -0.15) is 4.98 Å². The Balaban J connectivity index is 1.27. The minimum Gasteiger partial charge on any atom is -0.459 e.